The Balaban J connectivity index is 6.01. The van der Waals surface area contributed by atoms with Crippen LogP contribution in [0.1, 0.15) is 80.1 Å². The van der Waals surface area contributed by atoms with Crippen molar-refractivity contribution in [1.82, 2.24) is 0 Å². The number of methoxy groups -OCH3 is 1. The van der Waals surface area contributed by atoms with E-state index in [2.05, 4.69) is 53.4 Å². The summed E-state index contributed by atoms with van der Waals surface area (Å²) in [5.41, 5.74) is -0.0494. The third-order valence-corrected chi connectivity index (χ3v) is 20.1. The molecule has 0 N–H and O–H groups in total. The second-order valence-electron chi connectivity index (χ2n) is 8.16. The standard InChI is InChI=1S/C10H13O2.3C4H9.Sn/c1-10(2,3)8-6-5-7-9(11)12-4;3*1-3-4-2;/h5H,1-4H3;3*1,3-4H2,2H3;. The van der Waals surface area contributed by atoms with E-state index in [1.165, 1.54) is 58.9 Å². The molecule has 0 amide bonds. The van der Waals surface area contributed by atoms with Crippen molar-refractivity contribution in [3.8, 4) is 11.8 Å². The van der Waals surface area contributed by atoms with Gasteiger partial charge in [-0.1, -0.05) is 0 Å². The van der Waals surface area contributed by atoms with Gasteiger partial charge in [-0.25, -0.2) is 0 Å². The van der Waals surface area contributed by atoms with Gasteiger partial charge in [0.25, 0.3) is 0 Å². The van der Waals surface area contributed by atoms with Crippen molar-refractivity contribution in [3.05, 3.63) is 9.67 Å². The van der Waals surface area contributed by atoms with E-state index in [9.17, 15) is 4.79 Å². The number of carbonyl (C=O) groups excluding carboxylic acids is 1. The fraction of sp³-hybridized carbons (Fsp3) is 0.773. The molecule has 0 spiro atoms. The summed E-state index contributed by atoms with van der Waals surface area (Å²) in [7, 11) is 1.52. The Hall–Kier alpha value is -0.431. The van der Waals surface area contributed by atoms with Gasteiger partial charge in [-0.3, -0.25) is 0 Å². The summed E-state index contributed by atoms with van der Waals surface area (Å²) in [4.78, 5) is 12.7. The molecule has 0 fully saturated rings. The molecule has 2 nitrogen and oxygen atoms in total. The zero-order chi connectivity index (χ0) is 19.3. The first-order valence-electron chi connectivity index (χ1n) is 10.1. The van der Waals surface area contributed by atoms with Crippen LogP contribution in [0.2, 0.25) is 13.3 Å². The van der Waals surface area contributed by atoms with Crippen molar-refractivity contribution in [2.24, 2.45) is 5.41 Å². The number of allylic oxidation sites excluding steroid dienone is 1. The van der Waals surface area contributed by atoms with Gasteiger partial charge >= 0.3 is 161 Å². The first-order valence-corrected chi connectivity index (χ1v) is 17.6. The maximum absolute atomic E-state index is 12.7. The van der Waals surface area contributed by atoms with E-state index in [1.807, 2.05) is 6.08 Å². The summed E-state index contributed by atoms with van der Waals surface area (Å²) in [5.74, 6) is 6.38. The Labute approximate surface area is 161 Å². The Morgan fingerprint density at radius 3 is 1.72 bits per heavy atom. The molecular weight excluding hydrogens is 415 g/mol. The van der Waals surface area contributed by atoms with Crippen LogP contribution in [0.15, 0.2) is 9.67 Å². The number of rotatable bonds is 11. The molecule has 25 heavy (non-hydrogen) atoms. The summed E-state index contributed by atoms with van der Waals surface area (Å²) in [6, 6.07) is 0. The quantitative estimate of drug-likeness (QED) is 0.153. The van der Waals surface area contributed by atoms with Gasteiger partial charge in [0.05, 0.1) is 0 Å². The fourth-order valence-corrected chi connectivity index (χ4v) is 19.1. The number of esters is 1. The third-order valence-electron chi connectivity index (χ3n) is 4.67. The Kier molecular flexibility index (Phi) is 12.6. The summed E-state index contributed by atoms with van der Waals surface area (Å²) in [5, 5.41) is 0. The normalized spacial score (nSPS) is 12.5. The molecule has 0 rings (SSSR count). The summed E-state index contributed by atoms with van der Waals surface area (Å²) in [6.07, 6.45) is 9.21. The minimum atomic E-state index is -2.80. The molecule has 0 radical (unpaired) electrons. The topological polar surface area (TPSA) is 26.3 Å². The van der Waals surface area contributed by atoms with Crippen LogP contribution in [0.3, 0.4) is 0 Å². The van der Waals surface area contributed by atoms with Gasteiger partial charge in [-0.05, 0) is 0 Å². The van der Waals surface area contributed by atoms with Gasteiger partial charge in [-0.15, -0.1) is 0 Å². The second-order valence-corrected chi connectivity index (χ2v) is 21.3. The van der Waals surface area contributed by atoms with E-state index in [0.29, 0.717) is 0 Å². The van der Waals surface area contributed by atoms with E-state index in [0.717, 1.165) is 3.59 Å². The van der Waals surface area contributed by atoms with Crippen LogP contribution in [0.5, 0.6) is 0 Å². The van der Waals surface area contributed by atoms with Gasteiger partial charge in [0.1, 0.15) is 0 Å². The number of ether oxygens (including phenoxy) is 1. The molecule has 0 saturated carbocycles. The average Bonchev–Trinajstić information content (AvgIpc) is 2.57. The van der Waals surface area contributed by atoms with Crippen LogP contribution in [-0.2, 0) is 9.53 Å². The predicted octanol–water partition coefficient (Wildman–Crippen LogP) is 6.52. The molecule has 0 aromatic carbocycles. The van der Waals surface area contributed by atoms with Gasteiger partial charge in [0, 0.05) is 0 Å². The first kappa shape index (κ1) is 24.6. The molecule has 0 bridgehead atoms. The molecule has 3 heteroatoms. The SMILES string of the molecule is CCC[CH2][Sn]([CH2]CCC)([CH2]CCC)/[C](=C\C#CC(C)(C)C)C(=O)OC. The molecule has 0 unspecified atom stereocenters. The number of carbonyl (C=O) groups is 1. The van der Waals surface area contributed by atoms with Crippen molar-refractivity contribution >= 4 is 24.3 Å². The summed E-state index contributed by atoms with van der Waals surface area (Å²) >= 11 is -2.80. The van der Waals surface area contributed by atoms with Crippen LogP contribution in [0.25, 0.3) is 0 Å². The van der Waals surface area contributed by atoms with E-state index >= 15 is 0 Å². The van der Waals surface area contributed by atoms with Crippen LogP contribution in [0.4, 0.5) is 0 Å². The minimum absolute atomic E-state index is 0.0494. The van der Waals surface area contributed by atoms with Gasteiger partial charge in [0.15, 0.2) is 0 Å². The fourth-order valence-electron chi connectivity index (χ4n) is 3.19. The van der Waals surface area contributed by atoms with Gasteiger partial charge < -0.3 is 0 Å². The second kappa shape index (κ2) is 12.8. The van der Waals surface area contributed by atoms with E-state index in [1.54, 1.807) is 0 Å². The molecule has 0 aromatic rings. The van der Waals surface area contributed by atoms with Crippen molar-refractivity contribution in [2.45, 2.75) is 93.4 Å². The molecule has 0 aliphatic heterocycles. The summed E-state index contributed by atoms with van der Waals surface area (Å²) in [6.45, 7) is 13.1. The maximum atomic E-state index is 12.7. The van der Waals surface area contributed by atoms with Crippen LogP contribution in [0, 0.1) is 17.3 Å². The van der Waals surface area contributed by atoms with E-state index < -0.39 is 18.4 Å². The molecule has 0 atom stereocenters. The Bertz CT molecular complexity index is 453. The predicted molar refractivity (Wildman–Crippen MR) is 112 cm³/mol. The Morgan fingerprint density at radius 1 is 0.960 bits per heavy atom. The molecule has 0 aromatic heterocycles. The van der Waals surface area contributed by atoms with Crippen molar-refractivity contribution in [2.75, 3.05) is 7.11 Å². The Morgan fingerprint density at radius 2 is 1.40 bits per heavy atom. The van der Waals surface area contributed by atoms with Crippen LogP contribution in [-0.4, -0.2) is 31.5 Å². The number of hydrogen-bond acceptors (Lipinski definition) is 2. The van der Waals surface area contributed by atoms with Gasteiger partial charge in [-0.2, -0.15) is 0 Å². The average molecular weight is 455 g/mol. The molecule has 0 aliphatic rings. The molecular formula is C22H40O2Sn. The van der Waals surface area contributed by atoms with Crippen molar-refractivity contribution in [1.29, 1.82) is 0 Å². The third kappa shape index (κ3) is 9.73. The van der Waals surface area contributed by atoms with Crippen molar-refractivity contribution < 1.29 is 9.53 Å². The monoisotopic (exact) mass is 456 g/mol. The zero-order valence-electron chi connectivity index (χ0n) is 17.8. The van der Waals surface area contributed by atoms with Crippen LogP contribution >= 0.6 is 0 Å². The van der Waals surface area contributed by atoms with Crippen LogP contribution < -0.4 is 0 Å². The first-order chi connectivity index (χ1) is 11.8. The molecule has 0 aliphatic carbocycles. The van der Waals surface area contributed by atoms with E-state index in [-0.39, 0.29) is 11.4 Å². The number of unbranched alkanes of at least 4 members (excludes halogenated alkanes) is 3. The van der Waals surface area contributed by atoms with E-state index in [4.69, 9.17) is 4.74 Å². The zero-order valence-corrected chi connectivity index (χ0v) is 20.6. The number of hydrogen-bond donors (Lipinski definition) is 0. The van der Waals surface area contributed by atoms with Crippen molar-refractivity contribution in [3.63, 3.8) is 0 Å². The summed E-state index contributed by atoms with van der Waals surface area (Å²) < 4.78 is 9.98. The van der Waals surface area contributed by atoms with Gasteiger partial charge in [0.2, 0.25) is 0 Å². The molecule has 144 valence electrons. The molecule has 0 heterocycles. The molecule has 0 saturated heterocycles.